The Labute approximate surface area is 158 Å². The lowest BCUT2D eigenvalue weighted by Crippen LogP contribution is -2.27. The van der Waals surface area contributed by atoms with Crippen LogP contribution in [0.4, 0.5) is 5.69 Å². The summed E-state index contributed by atoms with van der Waals surface area (Å²) in [6.45, 7) is 1.79. The van der Waals surface area contributed by atoms with Gasteiger partial charge in [0.25, 0.3) is 11.6 Å². The van der Waals surface area contributed by atoms with E-state index in [0.29, 0.717) is 5.82 Å². The number of benzene rings is 2. The molecular weight excluding hydrogens is 362 g/mol. The number of carbonyl (C=O) groups is 1. The molecule has 0 bridgehead atoms. The fourth-order valence-electron chi connectivity index (χ4n) is 2.86. The number of carbonyl (C=O) groups excluding carboxylic acids is 1. The van der Waals surface area contributed by atoms with Crippen LogP contribution in [0.3, 0.4) is 0 Å². The second-order valence-corrected chi connectivity index (χ2v) is 6.13. The van der Waals surface area contributed by atoms with Crippen LogP contribution < -0.4 is 5.32 Å². The molecule has 2 heterocycles. The molecule has 2 aromatic carbocycles. The Kier molecular flexibility index (Phi) is 4.28. The molecule has 1 unspecified atom stereocenters. The van der Waals surface area contributed by atoms with Crippen LogP contribution >= 0.6 is 0 Å². The standard InChI is InChI=1S/C18H15N7O3/c1-11(17-22-13-4-2-3-5-14(13)23-17)21-18(26)12-6-7-15(16(8-12)25(27)28)24-10-19-9-20-24/h2-11H,1H3,(H,21,26)(H,22,23). The van der Waals surface area contributed by atoms with Crippen molar-refractivity contribution in [1.82, 2.24) is 30.0 Å². The van der Waals surface area contributed by atoms with Gasteiger partial charge >= 0.3 is 0 Å². The van der Waals surface area contributed by atoms with Crippen molar-refractivity contribution >= 4 is 22.6 Å². The molecule has 10 heteroatoms. The summed E-state index contributed by atoms with van der Waals surface area (Å²) in [5, 5.41) is 18.1. The first kappa shape index (κ1) is 17.3. The summed E-state index contributed by atoms with van der Waals surface area (Å²) in [4.78, 5) is 34.9. The smallest absolute Gasteiger partial charge is 0.295 e. The quantitative estimate of drug-likeness (QED) is 0.406. The summed E-state index contributed by atoms with van der Waals surface area (Å²) in [5.74, 6) is 0.157. The lowest BCUT2D eigenvalue weighted by molar-refractivity contribution is -0.384. The molecule has 1 amide bonds. The topological polar surface area (TPSA) is 132 Å². The summed E-state index contributed by atoms with van der Waals surface area (Å²) in [7, 11) is 0. The predicted molar refractivity (Wildman–Crippen MR) is 100.0 cm³/mol. The van der Waals surface area contributed by atoms with E-state index in [2.05, 4.69) is 25.4 Å². The minimum Gasteiger partial charge on any atom is -0.342 e. The van der Waals surface area contributed by atoms with Crippen molar-refractivity contribution < 1.29 is 9.72 Å². The van der Waals surface area contributed by atoms with Crippen molar-refractivity contribution in [3.63, 3.8) is 0 Å². The van der Waals surface area contributed by atoms with E-state index in [1.165, 1.54) is 35.5 Å². The summed E-state index contributed by atoms with van der Waals surface area (Å²) >= 11 is 0. The lowest BCUT2D eigenvalue weighted by Gasteiger charge is -2.12. The number of fused-ring (bicyclic) bond motifs is 1. The molecule has 0 fully saturated rings. The molecular formula is C18H15N7O3. The number of nitro groups is 1. The van der Waals surface area contributed by atoms with Gasteiger partial charge in [0, 0.05) is 11.6 Å². The van der Waals surface area contributed by atoms with Crippen molar-refractivity contribution in [2.75, 3.05) is 0 Å². The molecule has 2 aromatic heterocycles. The second-order valence-electron chi connectivity index (χ2n) is 6.13. The largest absolute Gasteiger partial charge is 0.342 e. The minimum absolute atomic E-state index is 0.165. The zero-order valence-corrected chi connectivity index (χ0v) is 14.7. The number of imidazole rings is 1. The number of aromatic amines is 1. The molecule has 0 saturated carbocycles. The summed E-state index contributed by atoms with van der Waals surface area (Å²) in [6.07, 6.45) is 2.63. The summed E-state index contributed by atoms with van der Waals surface area (Å²) in [6, 6.07) is 11.3. The average molecular weight is 377 g/mol. The van der Waals surface area contributed by atoms with E-state index in [0.717, 1.165) is 11.0 Å². The van der Waals surface area contributed by atoms with E-state index in [1.54, 1.807) is 6.92 Å². The average Bonchev–Trinajstić information content (AvgIpc) is 3.37. The fraction of sp³-hybridized carbons (Fsp3) is 0.111. The normalized spacial score (nSPS) is 12.0. The molecule has 4 rings (SSSR count). The Balaban J connectivity index is 1.59. The van der Waals surface area contributed by atoms with Crippen molar-refractivity contribution in [3.8, 4) is 5.69 Å². The molecule has 0 saturated heterocycles. The fourth-order valence-corrected chi connectivity index (χ4v) is 2.86. The molecule has 28 heavy (non-hydrogen) atoms. The van der Waals surface area contributed by atoms with Crippen LogP contribution in [0, 0.1) is 10.1 Å². The van der Waals surface area contributed by atoms with Crippen LogP contribution in [0.15, 0.2) is 55.1 Å². The van der Waals surface area contributed by atoms with Crippen molar-refractivity contribution in [2.45, 2.75) is 13.0 Å². The van der Waals surface area contributed by atoms with E-state index in [4.69, 9.17) is 0 Å². The first-order valence-corrected chi connectivity index (χ1v) is 8.42. The van der Waals surface area contributed by atoms with Crippen molar-refractivity contribution in [3.05, 3.63) is 76.6 Å². The molecule has 140 valence electrons. The maximum atomic E-state index is 12.6. The molecule has 0 aliphatic rings. The first-order chi connectivity index (χ1) is 13.5. The Morgan fingerprint density at radius 2 is 2.11 bits per heavy atom. The number of rotatable bonds is 5. The van der Waals surface area contributed by atoms with Gasteiger partial charge in [0.15, 0.2) is 0 Å². The van der Waals surface area contributed by atoms with E-state index in [1.807, 2.05) is 24.3 Å². The Bertz CT molecular complexity index is 1130. The summed E-state index contributed by atoms with van der Waals surface area (Å²) in [5.41, 5.74) is 1.82. The van der Waals surface area contributed by atoms with Gasteiger partial charge in [-0.1, -0.05) is 12.1 Å². The van der Waals surface area contributed by atoms with Gasteiger partial charge in [-0.05, 0) is 31.2 Å². The SMILES string of the molecule is CC(NC(=O)c1ccc(-n2cncn2)c([N+](=O)[O-])c1)c1nc2ccccc2[nH]1. The van der Waals surface area contributed by atoms with Gasteiger partial charge in [-0.15, -0.1) is 0 Å². The van der Waals surface area contributed by atoms with Crippen LogP contribution in [-0.2, 0) is 0 Å². The molecule has 0 aliphatic carbocycles. The third kappa shape index (κ3) is 3.18. The van der Waals surface area contributed by atoms with Crippen molar-refractivity contribution in [1.29, 1.82) is 0 Å². The Morgan fingerprint density at radius 3 is 2.82 bits per heavy atom. The first-order valence-electron chi connectivity index (χ1n) is 8.42. The number of hydrogen-bond acceptors (Lipinski definition) is 6. The van der Waals surface area contributed by atoms with Crippen LogP contribution in [0.2, 0.25) is 0 Å². The Morgan fingerprint density at radius 1 is 1.29 bits per heavy atom. The highest BCUT2D eigenvalue weighted by atomic mass is 16.6. The number of nitrogens with one attached hydrogen (secondary N) is 2. The van der Waals surface area contributed by atoms with Crippen LogP contribution in [-0.4, -0.2) is 35.6 Å². The third-order valence-electron chi connectivity index (χ3n) is 4.27. The number of para-hydroxylation sites is 2. The van der Waals surface area contributed by atoms with Gasteiger partial charge in [0.1, 0.15) is 24.2 Å². The van der Waals surface area contributed by atoms with Crippen LogP contribution in [0.25, 0.3) is 16.7 Å². The van der Waals surface area contributed by atoms with Gasteiger partial charge in [-0.2, -0.15) is 5.10 Å². The van der Waals surface area contributed by atoms with Crippen molar-refractivity contribution in [2.24, 2.45) is 0 Å². The van der Waals surface area contributed by atoms with E-state index in [9.17, 15) is 14.9 Å². The maximum absolute atomic E-state index is 12.6. The maximum Gasteiger partial charge on any atom is 0.295 e. The number of hydrogen-bond donors (Lipinski definition) is 2. The molecule has 2 N–H and O–H groups in total. The monoisotopic (exact) mass is 377 g/mol. The molecule has 4 aromatic rings. The second kappa shape index (κ2) is 6.91. The zero-order valence-electron chi connectivity index (χ0n) is 14.7. The molecule has 1 atom stereocenters. The molecule has 10 nitrogen and oxygen atoms in total. The summed E-state index contributed by atoms with van der Waals surface area (Å²) < 4.78 is 1.27. The Hall–Kier alpha value is -4.08. The van der Waals surface area contributed by atoms with Gasteiger partial charge in [0.2, 0.25) is 0 Å². The highest BCUT2D eigenvalue weighted by molar-refractivity contribution is 5.95. The highest BCUT2D eigenvalue weighted by Gasteiger charge is 2.21. The highest BCUT2D eigenvalue weighted by Crippen LogP contribution is 2.24. The molecule has 0 radical (unpaired) electrons. The third-order valence-corrected chi connectivity index (χ3v) is 4.27. The van der Waals surface area contributed by atoms with Gasteiger partial charge in [0.05, 0.1) is 22.0 Å². The van der Waals surface area contributed by atoms with Gasteiger partial charge < -0.3 is 10.3 Å². The number of nitrogens with zero attached hydrogens (tertiary/aromatic N) is 5. The van der Waals surface area contributed by atoms with Gasteiger partial charge in [-0.3, -0.25) is 14.9 Å². The van der Waals surface area contributed by atoms with Gasteiger partial charge in [-0.25, -0.2) is 14.6 Å². The predicted octanol–water partition coefficient (Wildman–Crippen LogP) is 2.54. The van der Waals surface area contributed by atoms with E-state index >= 15 is 0 Å². The number of aromatic nitrogens is 5. The lowest BCUT2D eigenvalue weighted by atomic mass is 10.1. The number of H-pyrrole nitrogens is 1. The molecule has 0 aliphatic heterocycles. The zero-order chi connectivity index (χ0) is 19.7. The van der Waals surface area contributed by atoms with Crippen LogP contribution in [0.5, 0.6) is 0 Å². The number of nitro benzene ring substituents is 1. The van der Waals surface area contributed by atoms with E-state index in [-0.39, 0.29) is 16.9 Å². The van der Waals surface area contributed by atoms with Crippen LogP contribution in [0.1, 0.15) is 29.1 Å². The minimum atomic E-state index is -0.559. The molecule has 0 spiro atoms. The van der Waals surface area contributed by atoms with E-state index < -0.39 is 16.9 Å². The number of amides is 1.